The van der Waals surface area contributed by atoms with Gasteiger partial charge in [0.2, 0.25) is 10.0 Å². The number of aromatic nitrogens is 1. The van der Waals surface area contributed by atoms with Crippen molar-refractivity contribution in [1.29, 1.82) is 0 Å². The van der Waals surface area contributed by atoms with Crippen LogP contribution in [0, 0.1) is 0 Å². The van der Waals surface area contributed by atoms with Crippen molar-refractivity contribution in [3.05, 3.63) is 100 Å². The molecule has 2 aromatic carbocycles. The lowest BCUT2D eigenvalue weighted by atomic mass is 9.97. The second-order valence-electron chi connectivity index (χ2n) is 7.44. The van der Waals surface area contributed by atoms with Crippen molar-refractivity contribution < 1.29 is 21.9 Å². The molecular weight excluding hydrogens is 434 g/mol. The Morgan fingerprint density at radius 2 is 1.75 bits per heavy atom. The van der Waals surface area contributed by atoms with E-state index in [4.69, 9.17) is 0 Å². The summed E-state index contributed by atoms with van der Waals surface area (Å²) >= 11 is 0. The Balaban J connectivity index is 1.69. The Labute approximate surface area is 186 Å². The zero-order valence-corrected chi connectivity index (χ0v) is 18.2. The highest BCUT2D eigenvalue weighted by atomic mass is 32.2. The molecule has 1 aliphatic rings. The fraction of sp³-hybridized carbons (Fsp3) is 0.208. The van der Waals surface area contributed by atoms with Gasteiger partial charge in [0.05, 0.1) is 16.6 Å². The van der Waals surface area contributed by atoms with Crippen LogP contribution in [0.5, 0.6) is 5.75 Å². The quantitative estimate of drug-likeness (QED) is 0.501. The molecule has 166 valence electrons. The average molecular weight is 457 g/mol. The van der Waals surface area contributed by atoms with Crippen LogP contribution in [0.1, 0.15) is 34.8 Å². The standard InChI is InChI=1S/C24H22F2N2O3S/c1-28(23(17-7-3-2-4-8-17)22-9-5-6-14-27-22)32(29,30)21-13-11-18-15-20(31-24(25)26)12-10-19(18)16-21/h2-10,12,14-16,23-24H,11,13H2,1H3. The van der Waals surface area contributed by atoms with E-state index in [1.165, 1.54) is 16.4 Å². The number of benzene rings is 2. The molecule has 0 aliphatic heterocycles. The van der Waals surface area contributed by atoms with Gasteiger partial charge in [0, 0.05) is 13.2 Å². The molecule has 0 saturated heterocycles. The number of allylic oxidation sites excluding steroid dienone is 1. The van der Waals surface area contributed by atoms with Gasteiger partial charge in [-0.1, -0.05) is 42.5 Å². The fourth-order valence-corrected chi connectivity index (χ4v) is 5.40. The van der Waals surface area contributed by atoms with Gasteiger partial charge in [-0.25, -0.2) is 8.42 Å². The minimum Gasteiger partial charge on any atom is -0.435 e. The SMILES string of the molecule is CN(C(c1ccccc1)c1ccccn1)S(=O)(=O)C1=Cc2ccc(OC(F)F)cc2CC1. The number of ether oxygens (including phenoxy) is 1. The van der Waals surface area contributed by atoms with Crippen LogP contribution >= 0.6 is 0 Å². The van der Waals surface area contributed by atoms with Gasteiger partial charge in [-0.05, 0) is 59.9 Å². The molecule has 0 fully saturated rings. The first-order valence-electron chi connectivity index (χ1n) is 10.1. The monoisotopic (exact) mass is 456 g/mol. The Morgan fingerprint density at radius 1 is 1.00 bits per heavy atom. The zero-order chi connectivity index (χ0) is 22.7. The molecule has 1 aromatic heterocycles. The summed E-state index contributed by atoms with van der Waals surface area (Å²) in [6.07, 6.45) is 3.92. The van der Waals surface area contributed by atoms with Crippen molar-refractivity contribution >= 4 is 16.1 Å². The number of alkyl halides is 2. The highest BCUT2D eigenvalue weighted by molar-refractivity contribution is 7.93. The number of hydrogen-bond acceptors (Lipinski definition) is 4. The first kappa shape index (κ1) is 22.1. The summed E-state index contributed by atoms with van der Waals surface area (Å²) in [6, 6.07) is 18.7. The highest BCUT2D eigenvalue weighted by Crippen LogP contribution is 2.35. The van der Waals surface area contributed by atoms with Gasteiger partial charge in [-0.3, -0.25) is 4.98 Å². The van der Waals surface area contributed by atoms with Gasteiger partial charge < -0.3 is 4.74 Å². The summed E-state index contributed by atoms with van der Waals surface area (Å²) in [5, 5.41) is 0. The molecular formula is C24H22F2N2O3S. The lowest BCUT2D eigenvalue weighted by Crippen LogP contribution is -2.34. The van der Waals surface area contributed by atoms with Crippen LogP contribution in [0.4, 0.5) is 8.78 Å². The molecule has 0 spiro atoms. The van der Waals surface area contributed by atoms with Gasteiger partial charge in [0.1, 0.15) is 5.75 Å². The first-order valence-corrected chi connectivity index (χ1v) is 11.5. The van der Waals surface area contributed by atoms with Gasteiger partial charge in [-0.15, -0.1) is 0 Å². The Kier molecular flexibility index (Phi) is 6.34. The molecule has 1 aliphatic carbocycles. The van der Waals surface area contributed by atoms with E-state index in [0.29, 0.717) is 17.7 Å². The molecule has 8 heteroatoms. The number of hydrogen-bond donors (Lipinski definition) is 0. The normalized spacial score (nSPS) is 14.7. The zero-order valence-electron chi connectivity index (χ0n) is 17.4. The molecule has 0 bridgehead atoms. The van der Waals surface area contributed by atoms with Gasteiger partial charge in [0.15, 0.2) is 0 Å². The van der Waals surface area contributed by atoms with Gasteiger partial charge in [-0.2, -0.15) is 13.1 Å². The maximum atomic E-state index is 13.6. The lowest BCUT2D eigenvalue weighted by molar-refractivity contribution is -0.0498. The molecule has 32 heavy (non-hydrogen) atoms. The number of sulfonamides is 1. The van der Waals surface area contributed by atoms with Crippen LogP contribution in [-0.2, 0) is 16.4 Å². The van der Waals surface area contributed by atoms with Crippen molar-refractivity contribution in [2.45, 2.75) is 25.5 Å². The fourth-order valence-electron chi connectivity index (χ4n) is 3.89. The second-order valence-corrected chi connectivity index (χ2v) is 9.49. The number of rotatable bonds is 7. The Morgan fingerprint density at radius 3 is 2.44 bits per heavy atom. The largest absolute Gasteiger partial charge is 0.435 e. The minimum absolute atomic E-state index is 0.0647. The van der Waals surface area contributed by atoms with Crippen molar-refractivity contribution in [2.24, 2.45) is 0 Å². The lowest BCUT2D eigenvalue weighted by Gasteiger charge is -2.29. The third kappa shape index (κ3) is 4.56. The molecule has 0 amide bonds. The first-order chi connectivity index (χ1) is 15.4. The summed E-state index contributed by atoms with van der Waals surface area (Å²) < 4.78 is 58.0. The molecule has 0 saturated carbocycles. The smallest absolute Gasteiger partial charge is 0.387 e. The van der Waals surface area contributed by atoms with Crippen LogP contribution in [0.2, 0.25) is 0 Å². The Bertz CT molecular complexity index is 1180. The maximum Gasteiger partial charge on any atom is 0.387 e. The van der Waals surface area contributed by atoms with Gasteiger partial charge >= 0.3 is 6.61 Å². The number of halogens is 2. The molecule has 1 atom stereocenters. The predicted octanol–water partition coefficient (Wildman–Crippen LogP) is 5.02. The number of nitrogens with zero attached hydrogens (tertiary/aromatic N) is 2. The second kappa shape index (κ2) is 9.18. The summed E-state index contributed by atoms with van der Waals surface area (Å²) in [4.78, 5) is 4.67. The van der Waals surface area contributed by atoms with E-state index in [1.807, 2.05) is 36.4 Å². The van der Waals surface area contributed by atoms with Crippen molar-refractivity contribution in [1.82, 2.24) is 9.29 Å². The molecule has 1 heterocycles. The summed E-state index contributed by atoms with van der Waals surface area (Å²) in [6.45, 7) is -2.90. The minimum atomic E-state index is -3.83. The van der Waals surface area contributed by atoms with E-state index < -0.39 is 22.7 Å². The molecule has 0 N–H and O–H groups in total. The van der Waals surface area contributed by atoms with Crippen molar-refractivity contribution in [3.63, 3.8) is 0 Å². The maximum absolute atomic E-state index is 13.6. The van der Waals surface area contributed by atoms with E-state index in [0.717, 1.165) is 11.1 Å². The van der Waals surface area contributed by atoms with Crippen molar-refractivity contribution in [3.8, 4) is 5.75 Å². The predicted molar refractivity (Wildman–Crippen MR) is 119 cm³/mol. The van der Waals surface area contributed by atoms with E-state index in [2.05, 4.69) is 9.72 Å². The van der Waals surface area contributed by atoms with Crippen molar-refractivity contribution in [2.75, 3.05) is 7.05 Å². The topological polar surface area (TPSA) is 59.5 Å². The number of fused-ring (bicyclic) bond motifs is 1. The summed E-state index contributed by atoms with van der Waals surface area (Å²) in [5.41, 5.74) is 2.88. The van der Waals surface area contributed by atoms with Crippen LogP contribution in [0.15, 0.2) is 77.8 Å². The molecule has 3 aromatic rings. The highest BCUT2D eigenvalue weighted by Gasteiger charge is 2.33. The molecule has 1 unspecified atom stereocenters. The third-order valence-electron chi connectivity index (χ3n) is 5.45. The van der Waals surface area contributed by atoms with E-state index in [-0.39, 0.29) is 17.1 Å². The van der Waals surface area contributed by atoms with Crippen LogP contribution in [0.3, 0.4) is 0 Å². The molecule has 0 radical (unpaired) electrons. The van der Waals surface area contributed by atoms with Gasteiger partial charge in [0.25, 0.3) is 0 Å². The van der Waals surface area contributed by atoms with Crippen LogP contribution < -0.4 is 4.74 Å². The van der Waals surface area contributed by atoms with E-state index in [1.54, 1.807) is 37.5 Å². The molecule has 5 nitrogen and oxygen atoms in total. The average Bonchev–Trinajstić information content (AvgIpc) is 2.80. The summed E-state index contributed by atoms with van der Waals surface area (Å²) in [5.74, 6) is 0.0647. The summed E-state index contributed by atoms with van der Waals surface area (Å²) in [7, 11) is -2.27. The molecule has 4 rings (SSSR count). The third-order valence-corrected chi connectivity index (χ3v) is 7.41. The Hall–Kier alpha value is -3.10. The number of aryl methyl sites for hydroxylation is 1. The van der Waals surface area contributed by atoms with Crippen LogP contribution in [-0.4, -0.2) is 31.4 Å². The van der Waals surface area contributed by atoms with E-state index >= 15 is 0 Å². The number of pyridine rings is 1. The van der Waals surface area contributed by atoms with E-state index in [9.17, 15) is 17.2 Å². The van der Waals surface area contributed by atoms with Crippen LogP contribution in [0.25, 0.3) is 6.08 Å².